The third kappa shape index (κ3) is 3.86. The van der Waals surface area contributed by atoms with Gasteiger partial charge in [-0.1, -0.05) is 42.8 Å². The summed E-state index contributed by atoms with van der Waals surface area (Å²) in [7, 11) is 0. The minimum Gasteiger partial charge on any atom is -0.309 e. The summed E-state index contributed by atoms with van der Waals surface area (Å²) in [5, 5.41) is 8.66. The molecule has 1 aromatic carbocycles. The quantitative estimate of drug-likeness (QED) is 0.833. The number of hydrogen-bond donors (Lipinski definition) is 1. The van der Waals surface area contributed by atoms with E-state index in [1.807, 2.05) is 4.68 Å². The van der Waals surface area contributed by atoms with Gasteiger partial charge >= 0.3 is 0 Å². The molecule has 0 bridgehead atoms. The molecule has 21 heavy (non-hydrogen) atoms. The second-order valence-electron chi connectivity index (χ2n) is 5.27. The Kier molecular flexibility index (Phi) is 5.83. The van der Waals surface area contributed by atoms with Crippen LogP contribution in [-0.4, -0.2) is 16.3 Å². The maximum Gasteiger partial charge on any atom is 0.0834 e. The summed E-state index contributed by atoms with van der Waals surface area (Å²) in [6.45, 7) is 8.15. The number of aromatic nitrogens is 2. The Balaban J connectivity index is 2.16. The van der Waals surface area contributed by atoms with E-state index in [0.29, 0.717) is 0 Å². The van der Waals surface area contributed by atoms with Crippen LogP contribution in [0.3, 0.4) is 0 Å². The molecule has 3 nitrogen and oxygen atoms in total. The maximum atomic E-state index is 6.34. The van der Waals surface area contributed by atoms with Crippen molar-refractivity contribution in [2.75, 3.05) is 6.54 Å². The second kappa shape index (κ2) is 7.62. The third-order valence-electron chi connectivity index (χ3n) is 3.88. The minimum atomic E-state index is 0.240. The zero-order valence-corrected chi connectivity index (χ0v) is 13.8. The Morgan fingerprint density at radius 2 is 2.05 bits per heavy atom. The lowest BCUT2D eigenvalue weighted by atomic mass is 9.99. The van der Waals surface area contributed by atoms with Gasteiger partial charge in [0.25, 0.3) is 0 Å². The molecule has 0 fully saturated rings. The van der Waals surface area contributed by atoms with Crippen molar-refractivity contribution in [2.45, 2.75) is 46.2 Å². The summed E-state index contributed by atoms with van der Waals surface area (Å²) in [5.41, 5.74) is 3.86. The highest BCUT2D eigenvalue weighted by molar-refractivity contribution is 6.31. The molecule has 1 heterocycles. The molecule has 0 aliphatic rings. The second-order valence-corrected chi connectivity index (χ2v) is 5.68. The lowest BCUT2D eigenvalue weighted by molar-refractivity contribution is 0.467. The molecule has 1 N–H and O–H groups in total. The zero-order valence-electron chi connectivity index (χ0n) is 13.1. The molecule has 0 radical (unpaired) electrons. The largest absolute Gasteiger partial charge is 0.309 e. The van der Waals surface area contributed by atoms with E-state index in [1.165, 1.54) is 11.1 Å². The summed E-state index contributed by atoms with van der Waals surface area (Å²) in [4.78, 5) is 0. The van der Waals surface area contributed by atoms with Crippen LogP contribution in [-0.2, 0) is 13.0 Å². The first-order chi connectivity index (χ1) is 10.2. The Morgan fingerprint density at radius 3 is 2.71 bits per heavy atom. The minimum absolute atomic E-state index is 0.240. The maximum absolute atomic E-state index is 6.34. The Morgan fingerprint density at radius 1 is 1.29 bits per heavy atom. The SMILES string of the molecule is CCNC(CCc1ccccc1C)c1c(Cl)cnn1CC. The van der Waals surface area contributed by atoms with Crippen molar-refractivity contribution in [1.29, 1.82) is 0 Å². The van der Waals surface area contributed by atoms with Gasteiger partial charge in [-0.15, -0.1) is 0 Å². The van der Waals surface area contributed by atoms with Crippen LogP contribution in [0, 0.1) is 6.92 Å². The van der Waals surface area contributed by atoms with Gasteiger partial charge in [-0.2, -0.15) is 5.10 Å². The Hall–Kier alpha value is -1.32. The molecule has 1 aromatic heterocycles. The van der Waals surface area contributed by atoms with Gasteiger partial charge < -0.3 is 5.32 Å². The van der Waals surface area contributed by atoms with Crippen molar-refractivity contribution in [3.63, 3.8) is 0 Å². The molecule has 0 aliphatic heterocycles. The molecule has 1 atom stereocenters. The van der Waals surface area contributed by atoms with Gasteiger partial charge in [0.15, 0.2) is 0 Å². The summed E-state index contributed by atoms with van der Waals surface area (Å²) >= 11 is 6.34. The van der Waals surface area contributed by atoms with E-state index in [9.17, 15) is 0 Å². The standard InChI is InChI=1S/C17H24ClN3/c1-4-19-16(17-15(18)12-20-21(17)5-2)11-10-14-9-7-6-8-13(14)3/h6-9,12,16,19H,4-5,10-11H2,1-3H3. The highest BCUT2D eigenvalue weighted by atomic mass is 35.5. The smallest absolute Gasteiger partial charge is 0.0834 e. The zero-order chi connectivity index (χ0) is 15.2. The van der Waals surface area contributed by atoms with Crippen molar-refractivity contribution >= 4 is 11.6 Å². The van der Waals surface area contributed by atoms with E-state index in [-0.39, 0.29) is 6.04 Å². The highest BCUT2D eigenvalue weighted by Crippen LogP contribution is 2.27. The number of nitrogens with one attached hydrogen (secondary N) is 1. The number of benzene rings is 1. The molecule has 0 saturated carbocycles. The molecule has 0 aliphatic carbocycles. The fraction of sp³-hybridized carbons (Fsp3) is 0.471. The van der Waals surface area contributed by atoms with Crippen LogP contribution >= 0.6 is 11.6 Å². The first kappa shape index (κ1) is 16.1. The molecule has 0 saturated heterocycles. The van der Waals surface area contributed by atoms with Crippen LogP contribution in [0.2, 0.25) is 5.02 Å². The fourth-order valence-electron chi connectivity index (χ4n) is 2.74. The number of nitrogens with zero attached hydrogens (tertiary/aromatic N) is 2. The van der Waals surface area contributed by atoms with Crippen LogP contribution in [0.5, 0.6) is 0 Å². The Bertz CT molecular complexity index is 577. The van der Waals surface area contributed by atoms with Gasteiger partial charge in [-0.3, -0.25) is 4.68 Å². The number of halogens is 1. The molecule has 0 spiro atoms. The van der Waals surface area contributed by atoms with Crippen molar-refractivity contribution in [3.05, 3.63) is 52.3 Å². The molecule has 1 unspecified atom stereocenters. The molecular weight excluding hydrogens is 282 g/mol. The summed E-state index contributed by atoms with van der Waals surface area (Å²) in [6, 6.07) is 8.81. The fourth-order valence-corrected chi connectivity index (χ4v) is 3.02. The third-order valence-corrected chi connectivity index (χ3v) is 4.17. The van der Waals surface area contributed by atoms with Gasteiger partial charge in [-0.05, 0) is 44.4 Å². The molecule has 4 heteroatoms. The van der Waals surface area contributed by atoms with Gasteiger partial charge in [0.2, 0.25) is 0 Å². The summed E-state index contributed by atoms with van der Waals surface area (Å²) in [6.07, 6.45) is 3.80. The number of rotatable bonds is 7. The monoisotopic (exact) mass is 305 g/mol. The molecule has 2 rings (SSSR count). The van der Waals surface area contributed by atoms with E-state index in [1.54, 1.807) is 6.20 Å². The molecular formula is C17H24ClN3. The van der Waals surface area contributed by atoms with E-state index >= 15 is 0 Å². The van der Waals surface area contributed by atoms with Crippen molar-refractivity contribution < 1.29 is 0 Å². The van der Waals surface area contributed by atoms with E-state index < -0.39 is 0 Å². The topological polar surface area (TPSA) is 29.9 Å². The van der Waals surface area contributed by atoms with Gasteiger partial charge in [0, 0.05) is 6.54 Å². The lowest BCUT2D eigenvalue weighted by Gasteiger charge is -2.20. The summed E-state index contributed by atoms with van der Waals surface area (Å²) in [5.74, 6) is 0. The normalized spacial score (nSPS) is 12.6. The molecule has 0 amide bonds. The van der Waals surface area contributed by atoms with Gasteiger partial charge in [-0.25, -0.2) is 0 Å². The van der Waals surface area contributed by atoms with E-state index in [0.717, 1.165) is 36.6 Å². The Labute approximate surface area is 132 Å². The average molecular weight is 306 g/mol. The molecule has 2 aromatic rings. The lowest BCUT2D eigenvalue weighted by Crippen LogP contribution is -2.24. The summed E-state index contributed by atoms with van der Waals surface area (Å²) < 4.78 is 1.99. The predicted octanol–water partition coefficient (Wildman–Crippen LogP) is 4.15. The number of aryl methyl sites for hydroxylation is 3. The van der Waals surface area contributed by atoms with Crippen LogP contribution in [0.15, 0.2) is 30.5 Å². The average Bonchev–Trinajstić information content (AvgIpc) is 2.86. The van der Waals surface area contributed by atoms with Crippen LogP contribution in [0.4, 0.5) is 0 Å². The predicted molar refractivity (Wildman–Crippen MR) is 88.8 cm³/mol. The van der Waals surface area contributed by atoms with Crippen LogP contribution in [0.25, 0.3) is 0 Å². The van der Waals surface area contributed by atoms with Crippen LogP contribution < -0.4 is 5.32 Å². The van der Waals surface area contributed by atoms with Gasteiger partial charge in [0.05, 0.1) is 23.0 Å². The van der Waals surface area contributed by atoms with Crippen molar-refractivity contribution in [2.24, 2.45) is 0 Å². The molecule has 114 valence electrons. The first-order valence-electron chi connectivity index (χ1n) is 7.66. The number of hydrogen-bond acceptors (Lipinski definition) is 2. The highest BCUT2D eigenvalue weighted by Gasteiger charge is 2.19. The van der Waals surface area contributed by atoms with E-state index in [2.05, 4.69) is 55.5 Å². The van der Waals surface area contributed by atoms with Crippen LogP contribution in [0.1, 0.15) is 43.1 Å². The van der Waals surface area contributed by atoms with Crippen molar-refractivity contribution in [3.8, 4) is 0 Å². The first-order valence-corrected chi connectivity index (χ1v) is 8.04. The van der Waals surface area contributed by atoms with Gasteiger partial charge in [0.1, 0.15) is 0 Å². The van der Waals surface area contributed by atoms with Crippen molar-refractivity contribution in [1.82, 2.24) is 15.1 Å². The van der Waals surface area contributed by atoms with E-state index in [4.69, 9.17) is 11.6 Å².